The van der Waals surface area contributed by atoms with Gasteiger partial charge in [-0.2, -0.15) is 0 Å². The molecule has 0 unspecified atom stereocenters. The number of aromatic nitrogens is 1. The summed E-state index contributed by atoms with van der Waals surface area (Å²) in [6.07, 6.45) is 1.59. The molecule has 2 rings (SSSR count). The van der Waals surface area contributed by atoms with Gasteiger partial charge in [-0.1, -0.05) is 35.3 Å². The molecule has 0 N–H and O–H groups in total. The SMILES string of the molecule is Cc1ccc(COc2ccc(Cl)nc2)c(Cl)c1. The molecule has 0 saturated heterocycles. The minimum Gasteiger partial charge on any atom is -0.487 e. The summed E-state index contributed by atoms with van der Waals surface area (Å²) in [6, 6.07) is 9.34. The average Bonchev–Trinajstić information content (AvgIpc) is 2.30. The molecule has 0 aliphatic heterocycles. The van der Waals surface area contributed by atoms with Gasteiger partial charge in [-0.25, -0.2) is 4.98 Å². The fourth-order valence-electron chi connectivity index (χ4n) is 1.38. The van der Waals surface area contributed by atoms with Crippen molar-refractivity contribution in [1.29, 1.82) is 0 Å². The number of pyridine rings is 1. The summed E-state index contributed by atoms with van der Waals surface area (Å²) in [5.74, 6) is 0.672. The number of aryl methyl sites for hydroxylation is 1. The second-order valence-corrected chi connectivity index (χ2v) is 4.49. The number of nitrogens with zero attached hydrogens (tertiary/aromatic N) is 1. The number of rotatable bonds is 3. The third-order valence-electron chi connectivity index (χ3n) is 2.30. The number of hydrogen-bond donors (Lipinski definition) is 0. The van der Waals surface area contributed by atoms with Crippen molar-refractivity contribution in [3.8, 4) is 5.75 Å². The third kappa shape index (κ3) is 3.35. The zero-order chi connectivity index (χ0) is 12.3. The molecule has 88 valence electrons. The molecular weight excluding hydrogens is 257 g/mol. The molecule has 17 heavy (non-hydrogen) atoms. The van der Waals surface area contributed by atoms with Crippen LogP contribution in [0.3, 0.4) is 0 Å². The maximum Gasteiger partial charge on any atom is 0.138 e. The molecule has 1 heterocycles. The normalized spacial score (nSPS) is 10.3. The summed E-state index contributed by atoms with van der Waals surface area (Å²) in [5.41, 5.74) is 2.08. The van der Waals surface area contributed by atoms with Crippen LogP contribution in [0.15, 0.2) is 36.5 Å². The first kappa shape index (κ1) is 12.2. The van der Waals surface area contributed by atoms with Crippen molar-refractivity contribution in [2.45, 2.75) is 13.5 Å². The monoisotopic (exact) mass is 267 g/mol. The van der Waals surface area contributed by atoms with E-state index < -0.39 is 0 Å². The van der Waals surface area contributed by atoms with Gasteiger partial charge in [-0.15, -0.1) is 0 Å². The van der Waals surface area contributed by atoms with Crippen LogP contribution >= 0.6 is 23.2 Å². The van der Waals surface area contributed by atoms with Crippen LogP contribution in [0.4, 0.5) is 0 Å². The lowest BCUT2D eigenvalue weighted by molar-refractivity contribution is 0.305. The molecule has 1 aromatic heterocycles. The molecule has 0 saturated carbocycles. The topological polar surface area (TPSA) is 22.1 Å². The summed E-state index contributed by atoms with van der Waals surface area (Å²) in [4.78, 5) is 3.94. The van der Waals surface area contributed by atoms with Gasteiger partial charge < -0.3 is 4.74 Å². The Labute approximate surface area is 110 Å². The molecule has 0 radical (unpaired) electrons. The Bertz CT molecular complexity index is 511. The highest BCUT2D eigenvalue weighted by Gasteiger charge is 2.02. The molecule has 0 spiro atoms. The van der Waals surface area contributed by atoms with E-state index in [4.69, 9.17) is 27.9 Å². The highest BCUT2D eigenvalue weighted by molar-refractivity contribution is 6.31. The van der Waals surface area contributed by atoms with Gasteiger partial charge in [0.1, 0.15) is 17.5 Å². The van der Waals surface area contributed by atoms with E-state index in [1.807, 2.05) is 25.1 Å². The van der Waals surface area contributed by atoms with Crippen molar-refractivity contribution in [2.24, 2.45) is 0 Å². The van der Waals surface area contributed by atoms with Crippen molar-refractivity contribution in [1.82, 2.24) is 4.98 Å². The van der Waals surface area contributed by atoms with Crippen molar-refractivity contribution < 1.29 is 4.74 Å². The Hall–Kier alpha value is -1.25. The lowest BCUT2D eigenvalue weighted by Crippen LogP contribution is -1.96. The zero-order valence-corrected chi connectivity index (χ0v) is 10.8. The van der Waals surface area contributed by atoms with Gasteiger partial charge in [0, 0.05) is 10.6 Å². The Morgan fingerprint density at radius 1 is 1.18 bits per heavy atom. The molecular formula is C13H11Cl2NO. The van der Waals surface area contributed by atoms with Crippen LogP contribution in [0.1, 0.15) is 11.1 Å². The summed E-state index contributed by atoms with van der Waals surface area (Å²) < 4.78 is 5.56. The predicted molar refractivity (Wildman–Crippen MR) is 69.8 cm³/mol. The fraction of sp³-hybridized carbons (Fsp3) is 0.154. The maximum absolute atomic E-state index is 6.10. The van der Waals surface area contributed by atoms with Gasteiger partial charge in [0.15, 0.2) is 0 Å². The lowest BCUT2D eigenvalue weighted by Gasteiger charge is -2.08. The van der Waals surface area contributed by atoms with Crippen molar-refractivity contribution in [3.05, 3.63) is 57.8 Å². The van der Waals surface area contributed by atoms with Crippen LogP contribution in [0.25, 0.3) is 0 Å². The smallest absolute Gasteiger partial charge is 0.138 e. The Morgan fingerprint density at radius 2 is 2.00 bits per heavy atom. The van der Waals surface area contributed by atoms with E-state index in [9.17, 15) is 0 Å². The van der Waals surface area contributed by atoms with Crippen LogP contribution in [0, 0.1) is 6.92 Å². The minimum atomic E-state index is 0.419. The highest BCUT2D eigenvalue weighted by atomic mass is 35.5. The molecule has 2 aromatic rings. The van der Waals surface area contributed by atoms with Crippen LogP contribution in [-0.4, -0.2) is 4.98 Å². The number of ether oxygens (including phenoxy) is 1. The molecule has 0 aliphatic carbocycles. The van der Waals surface area contributed by atoms with E-state index in [0.717, 1.165) is 11.1 Å². The van der Waals surface area contributed by atoms with Crippen LogP contribution in [0.5, 0.6) is 5.75 Å². The Kier molecular flexibility index (Phi) is 3.87. The summed E-state index contributed by atoms with van der Waals surface area (Å²) >= 11 is 11.8. The molecule has 0 atom stereocenters. The van der Waals surface area contributed by atoms with E-state index in [-0.39, 0.29) is 0 Å². The second kappa shape index (κ2) is 5.39. The summed E-state index contributed by atoms with van der Waals surface area (Å²) in [5, 5.41) is 1.16. The first-order valence-corrected chi connectivity index (χ1v) is 5.90. The molecule has 0 fully saturated rings. The summed E-state index contributed by atoms with van der Waals surface area (Å²) in [7, 11) is 0. The summed E-state index contributed by atoms with van der Waals surface area (Å²) in [6.45, 7) is 2.42. The van der Waals surface area contributed by atoms with Gasteiger partial charge in [-0.05, 0) is 30.7 Å². The van der Waals surface area contributed by atoms with Crippen LogP contribution < -0.4 is 4.74 Å². The fourth-order valence-corrected chi connectivity index (χ4v) is 1.78. The predicted octanol–water partition coefficient (Wildman–Crippen LogP) is 4.28. The largest absolute Gasteiger partial charge is 0.487 e. The molecule has 0 aliphatic rings. The average molecular weight is 268 g/mol. The van der Waals surface area contributed by atoms with Crippen LogP contribution in [0.2, 0.25) is 10.2 Å². The first-order valence-electron chi connectivity index (χ1n) is 5.14. The quantitative estimate of drug-likeness (QED) is 0.775. The number of halogens is 2. The maximum atomic E-state index is 6.10. The first-order chi connectivity index (χ1) is 8.15. The standard InChI is InChI=1S/C13H11Cl2NO/c1-9-2-3-10(12(14)6-9)8-17-11-4-5-13(15)16-7-11/h2-7H,8H2,1H3. The molecule has 1 aromatic carbocycles. The second-order valence-electron chi connectivity index (χ2n) is 3.70. The Morgan fingerprint density at radius 3 is 2.65 bits per heavy atom. The van der Waals surface area contributed by atoms with Gasteiger partial charge in [0.25, 0.3) is 0 Å². The lowest BCUT2D eigenvalue weighted by atomic mass is 10.2. The van der Waals surface area contributed by atoms with Crippen molar-refractivity contribution >= 4 is 23.2 Å². The molecule has 4 heteroatoms. The van der Waals surface area contributed by atoms with Crippen molar-refractivity contribution in [3.63, 3.8) is 0 Å². The van der Waals surface area contributed by atoms with E-state index >= 15 is 0 Å². The van der Waals surface area contributed by atoms with E-state index in [2.05, 4.69) is 4.98 Å². The van der Waals surface area contributed by atoms with E-state index in [1.54, 1.807) is 18.3 Å². The van der Waals surface area contributed by atoms with Crippen molar-refractivity contribution in [2.75, 3.05) is 0 Å². The minimum absolute atomic E-state index is 0.419. The number of benzene rings is 1. The third-order valence-corrected chi connectivity index (χ3v) is 2.88. The van der Waals surface area contributed by atoms with E-state index in [0.29, 0.717) is 22.5 Å². The molecule has 0 amide bonds. The van der Waals surface area contributed by atoms with Gasteiger partial charge in [-0.3, -0.25) is 0 Å². The van der Waals surface area contributed by atoms with E-state index in [1.165, 1.54) is 0 Å². The van der Waals surface area contributed by atoms with Crippen LogP contribution in [-0.2, 0) is 6.61 Å². The van der Waals surface area contributed by atoms with Gasteiger partial charge >= 0.3 is 0 Å². The Balaban J connectivity index is 2.04. The molecule has 2 nitrogen and oxygen atoms in total. The number of hydrogen-bond acceptors (Lipinski definition) is 2. The highest BCUT2D eigenvalue weighted by Crippen LogP contribution is 2.20. The zero-order valence-electron chi connectivity index (χ0n) is 9.28. The van der Waals surface area contributed by atoms with Gasteiger partial charge in [0.2, 0.25) is 0 Å². The van der Waals surface area contributed by atoms with Gasteiger partial charge in [0.05, 0.1) is 6.20 Å². The molecule has 0 bridgehead atoms.